The molecule has 7 heteroatoms. The molecule has 0 unspecified atom stereocenters. The van der Waals surface area contributed by atoms with Crippen LogP contribution in [0.2, 0.25) is 0 Å². The number of aromatic amines is 1. The fraction of sp³-hybridized carbons (Fsp3) is 0.333. The van der Waals surface area contributed by atoms with Crippen LogP contribution in [-0.2, 0) is 6.54 Å². The van der Waals surface area contributed by atoms with E-state index in [0.717, 1.165) is 30.8 Å². The van der Waals surface area contributed by atoms with Crippen molar-refractivity contribution in [3.05, 3.63) is 48.4 Å². The molecule has 3 heterocycles. The van der Waals surface area contributed by atoms with Crippen LogP contribution in [0.4, 0.5) is 0 Å². The summed E-state index contributed by atoms with van der Waals surface area (Å²) >= 11 is 0. The van der Waals surface area contributed by atoms with Gasteiger partial charge >= 0.3 is 0 Å². The minimum absolute atomic E-state index is 0.245. The summed E-state index contributed by atoms with van der Waals surface area (Å²) in [5.74, 6) is 2.16. The van der Waals surface area contributed by atoms with E-state index in [-0.39, 0.29) is 6.04 Å². The first-order valence-corrected chi connectivity index (χ1v) is 7.37. The smallest absolute Gasteiger partial charge is 0.241 e. The number of nitrogens with zero attached hydrogens (tertiary/aromatic N) is 5. The molecule has 0 radical (unpaired) electrons. The van der Waals surface area contributed by atoms with Gasteiger partial charge in [0.15, 0.2) is 0 Å². The number of hydrogen-bond acceptors (Lipinski definition) is 6. The van der Waals surface area contributed by atoms with Crippen molar-refractivity contribution < 1.29 is 4.52 Å². The van der Waals surface area contributed by atoms with Gasteiger partial charge in [0, 0.05) is 5.56 Å². The molecule has 0 bridgehead atoms. The number of hydrogen-bond donors (Lipinski definition) is 1. The average Bonchev–Trinajstić information content (AvgIpc) is 3.30. The normalized spacial score (nSPS) is 18.8. The molecule has 4 rings (SSSR count). The maximum absolute atomic E-state index is 5.40. The van der Waals surface area contributed by atoms with Crippen molar-refractivity contribution in [2.45, 2.75) is 25.4 Å². The molecule has 0 spiro atoms. The third-order valence-corrected chi connectivity index (χ3v) is 3.95. The Kier molecular flexibility index (Phi) is 3.40. The lowest BCUT2D eigenvalue weighted by Gasteiger charge is -2.20. The second kappa shape index (κ2) is 5.69. The first kappa shape index (κ1) is 13.1. The maximum atomic E-state index is 5.40. The third-order valence-electron chi connectivity index (χ3n) is 3.95. The quantitative estimate of drug-likeness (QED) is 0.794. The minimum atomic E-state index is 0.245. The zero-order valence-electron chi connectivity index (χ0n) is 12.0. The largest absolute Gasteiger partial charge is 0.338 e. The van der Waals surface area contributed by atoms with Gasteiger partial charge in [0.05, 0.1) is 12.6 Å². The molecule has 1 aliphatic heterocycles. The number of H-pyrrole nitrogens is 1. The highest BCUT2D eigenvalue weighted by atomic mass is 16.5. The Labute approximate surface area is 127 Å². The second-order valence-electron chi connectivity index (χ2n) is 5.38. The van der Waals surface area contributed by atoms with Gasteiger partial charge in [0.2, 0.25) is 11.7 Å². The van der Waals surface area contributed by atoms with Gasteiger partial charge in [-0.15, -0.1) is 0 Å². The van der Waals surface area contributed by atoms with E-state index in [1.807, 2.05) is 30.3 Å². The molecule has 2 aromatic heterocycles. The van der Waals surface area contributed by atoms with Crippen LogP contribution >= 0.6 is 0 Å². The molecule has 1 atom stereocenters. The zero-order chi connectivity index (χ0) is 14.8. The van der Waals surface area contributed by atoms with Crippen LogP contribution in [0.25, 0.3) is 11.4 Å². The Hall–Kier alpha value is -2.54. The summed E-state index contributed by atoms with van der Waals surface area (Å²) in [5.41, 5.74) is 0.964. The van der Waals surface area contributed by atoms with Crippen LogP contribution in [0.5, 0.6) is 0 Å². The van der Waals surface area contributed by atoms with Crippen molar-refractivity contribution in [2.24, 2.45) is 0 Å². The molecule has 0 aliphatic carbocycles. The lowest BCUT2D eigenvalue weighted by molar-refractivity contribution is 0.206. The maximum Gasteiger partial charge on any atom is 0.241 e. The lowest BCUT2D eigenvalue weighted by atomic mass is 10.2. The van der Waals surface area contributed by atoms with E-state index in [1.54, 1.807) is 6.33 Å². The van der Waals surface area contributed by atoms with Gasteiger partial charge in [-0.1, -0.05) is 35.5 Å². The van der Waals surface area contributed by atoms with Crippen molar-refractivity contribution in [3.8, 4) is 11.4 Å². The third kappa shape index (κ3) is 2.50. The number of likely N-dealkylation sites (tertiary alicyclic amines) is 1. The highest BCUT2D eigenvalue weighted by molar-refractivity contribution is 5.53. The van der Waals surface area contributed by atoms with Crippen molar-refractivity contribution >= 4 is 0 Å². The van der Waals surface area contributed by atoms with E-state index in [9.17, 15) is 0 Å². The number of rotatable bonds is 4. The fourth-order valence-corrected chi connectivity index (χ4v) is 2.90. The van der Waals surface area contributed by atoms with Crippen molar-refractivity contribution in [1.82, 2.24) is 30.2 Å². The Morgan fingerprint density at radius 2 is 2.18 bits per heavy atom. The highest BCUT2D eigenvalue weighted by Gasteiger charge is 2.29. The van der Waals surface area contributed by atoms with E-state index < -0.39 is 0 Å². The first-order valence-electron chi connectivity index (χ1n) is 7.37. The molecule has 1 N–H and O–H groups in total. The molecule has 1 fully saturated rings. The Morgan fingerprint density at radius 1 is 1.27 bits per heavy atom. The Balaban J connectivity index is 1.51. The number of aromatic nitrogens is 5. The van der Waals surface area contributed by atoms with E-state index in [0.29, 0.717) is 18.3 Å². The summed E-state index contributed by atoms with van der Waals surface area (Å²) in [6.45, 7) is 1.62. The van der Waals surface area contributed by atoms with Gasteiger partial charge in [0.25, 0.3) is 0 Å². The Morgan fingerprint density at radius 3 is 3.00 bits per heavy atom. The van der Waals surface area contributed by atoms with Crippen LogP contribution < -0.4 is 0 Å². The van der Waals surface area contributed by atoms with Crippen molar-refractivity contribution in [3.63, 3.8) is 0 Å². The molecule has 22 heavy (non-hydrogen) atoms. The zero-order valence-corrected chi connectivity index (χ0v) is 12.0. The van der Waals surface area contributed by atoms with Gasteiger partial charge in [0.1, 0.15) is 12.2 Å². The summed E-state index contributed by atoms with van der Waals surface area (Å²) in [6.07, 6.45) is 3.74. The molecule has 0 amide bonds. The van der Waals surface area contributed by atoms with Crippen molar-refractivity contribution in [2.75, 3.05) is 6.54 Å². The SMILES string of the molecule is c1ccc(-c2noc(CN3CCC[C@H]3c3ncn[nH]3)n2)cc1. The van der Waals surface area contributed by atoms with Crippen LogP contribution in [0.3, 0.4) is 0 Å². The molecular weight excluding hydrogens is 280 g/mol. The summed E-state index contributed by atoms with van der Waals surface area (Å²) in [4.78, 5) is 11.1. The molecule has 112 valence electrons. The predicted molar refractivity (Wildman–Crippen MR) is 78.5 cm³/mol. The van der Waals surface area contributed by atoms with E-state index in [2.05, 4.69) is 30.2 Å². The van der Waals surface area contributed by atoms with E-state index in [1.165, 1.54) is 0 Å². The molecule has 1 aliphatic rings. The average molecular weight is 296 g/mol. The molecular formula is C15H16N6O. The monoisotopic (exact) mass is 296 g/mol. The minimum Gasteiger partial charge on any atom is -0.338 e. The van der Waals surface area contributed by atoms with Crippen LogP contribution in [-0.4, -0.2) is 36.8 Å². The van der Waals surface area contributed by atoms with Gasteiger partial charge in [-0.05, 0) is 19.4 Å². The van der Waals surface area contributed by atoms with Crippen molar-refractivity contribution in [1.29, 1.82) is 0 Å². The van der Waals surface area contributed by atoms with Crippen LogP contribution in [0.1, 0.15) is 30.6 Å². The summed E-state index contributed by atoms with van der Waals surface area (Å²) < 4.78 is 5.40. The Bertz CT molecular complexity index is 724. The highest BCUT2D eigenvalue weighted by Crippen LogP contribution is 2.30. The van der Waals surface area contributed by atoms with Crippen LogP contribution in [0.15, 0.2) is 41.2 Å². The second-order valence-corrected chi connectivity index (χ2v) is 5.38. The molecule has 1 saturated heterocycles. The van der Waals surface area contributed by atoms with E-state index >= 15 is 0 Å². The predicted octanol–water partition coefficient (Wildman–Crippen LogP) is 2.19. The number of benzene rings is 1. The van der Waals surface area contributed by atoms with Gasteiger partial charge in [-0.2, -0.15) is 10.1 Å². The van der Waals surface area contributed by atoms with Crippen LogP contribution in [0, 0.1) is 0 Å². The summed E-state index contributed by atoms with van der Waals surface area (Å²) in [5, 5.41) is 11.0. The van der Waals surface area contributed by atoms with Gasteiger partial charge in [-0.3, -0.25) is 10.00 Å². The lowest BCUT2D eigenvalue weighted by Crippen LogP contribution is -2.23. The summed E-state index contributed by atoms with van der Waals surface area (Å²) in [7, 11) is 0. The number of nitrogens with one attached hydrogen (secondary N) is 1. The van der Waals surface area contributed by atoms with E-state index in [4.69, 9.17) is 4.52 Å². The fourth-order valence-electron chi connectivity index (χ4n) is 2.90. The molecule has 0 saturated carbocycles. The topological polar surface area (TPSA) is 83.7 Å². The summed E-state index contributed by atoms with van der Waals surface area (Å²) in [6, 6.07) is 10.1. The molecule has 7 nitrogen and oxygen atoms in total. The van der Waals surface area contributed by atoms with Gasteiger partial charge < -0.3 is 4.52 Å². The molecule has 3 aromatic rings. The first-order chi connectivity index (χ1) is 10.9. The standard InChI is InChI=1S/C15H16N6O/c1-2-5-11(6-3-1)14-18-13(22-20-14)9-21-8-4-7-12(21)15-16-10-17-19-15/h1-3,5-6,10,12H,4,7-9H2,(H,16,17,19)/t12-/m0/s1. The molecule has 1 aromatic carbocycles. The van der Waals surface area contributed by atoms with Gasteiger partial charge in [-0.25, -0.2) is 4.98 Å².